The van der Waals surface area contributed by atoms with Crippen molar-refractivity contribution in [2.45, 2.75) is 20.0 Å². The first kappa shape index (κ1) is 15.4. The smallest absolute Gasteiger partial charge is 0.158 e. The number of para-hydroxylation sites is 1. The number of nitrogens with zero attached hydrogens (tertiary/aromatic N) is 5. The molecule has 24 heavy (non-hydrogen) atoms. The predicted molar refractivity (Wildman–Crippen MR) is 95.6 cm³/mol. The number of β-amino-alcohol motifs (C(OH)–C–C–N with tert-alkyl or cyclic N) is 1. The molecule has 3 heterocycles. The van der Waals surface area contributed by atoms with Crippen molar-refractivity contribution in [3.63, 3.8) is 0 Å². The maximum absolute atomic E-state index is 9.57. The summed E-state index contributed by atoms with van der Waals surface area (Å²) in [4.78, 5) is 9.55. The highest BCUT2D eigenvalue weighted by atomic mass is 16.3. The van der Waals surface area contributed by atoms with Gasteiger partial charge in [0.1, 0.15) is 5.82 Å². The lowest BCUT2D eigenvalue weighted by atomic mass is 10.2. The average molecular weight is 325 g/mol. The molecule has 2 aromatic heterocycles. The Kier molecular flexibility index (Phi) is 3.86. The summed E-state index contributed by atoms with van der Waals surface area (Å²) in [6.45, 7) is 8.33. The molecule has 1 atom stereocenters. The third-order valence-electron chi connectivity index (χ3n) is 4.60. The first-order valence-electron chi connectivity index (χ1n) is 8.52. The summed E-state index contributed by atoms with van der Waals surface area (Å²) in [5.41, 5.74) is 2.97. The number of aromatic nitrogens is 3. The fraction of sp³-hybridized carbons (Fsp3) is 0.444. The molecule has 6 nitrogen and oxygen atoms in total. The molecule has 1 aliphatic heterocycles. The summed E-state index contributed by atoms with van der Waals surface area (Å²) >= 11 is 0. The molecular weight excluding hydrogens is 302 g/mol. The average Bonchev–Trinajstić information content (AvgIpc) is 2.95. The normalized spacial score (nSPS) is 17.7. The minimum absolute atomic E-state index is 0.276. The van der Waals surface area contributed by atoms with Crippen LogP contribution in [0.3, 0.4) is 0 Å². The number of fused-ring (bicyclic) bond motifs is 3. The van der Waals surface area contributed by atoms with Crippen molar-refractivity contribution in [2.24, 2.45) is 0 Å². The van der Waals surface area contributed by atoms with Gasteiger partial charge in [0.2, 0.25) is 0 Å². The van der Waals surface area contributed by atoms with Crippen LogP contribution in [0.2, 0.25) is 0 Å². The number of piperazine rings is 1. The van der Waals surface area contributed by atoms with Crippen molar-refractivity contribution in [3.05, 3.63) is 36.0 Å². The van der Waals surface area contributed by atoms with E-state index in [9.17, 15) is 5.11 Å². The molecule has 1 aliphatic rings. The van der Waals surface area contributed by atoms with Gasteiger partial charge >= 0.3 is 0 Å². The third-order valence-corrected chi connectivity index (χ3v) is 4.60. The maximum Gasteiger partial charge on any atom is 0.158 e. The standard InChI is InChI=1S/C18H23N5O/c1-13-11-17-19-18(15-5-3-4-6-16(15)23(17)20-13)22-9-7-21(8-10-22)12-14(2)24/h3-6,11,14,24H,7-10,12H2,1-2H3. The monoisotopic (exact) mass is 325 g/mol. The zero-order chi connectivity index (χ0) is 16.7. The number of aliphatic hydroxyl groups excluding tert-OH is 1. The van der Waals surface area contributed by atoms with Crippen molar-refractivity contribution in [1.82, 2.24) is 19.5 Å². The molecule has 3 aromatic rings. The number of aliphatic hydroxyl groups is 1. The van der Waals surface area contributed by atoms with Gasteiger partial charge in [0.05, 0.1) is 17.3 Å². The molecule has 0 radical (unpaired) electrons. The number of benzene rings is 1. The van der Waals surface area contributed by atoms with Gasteiger partial charge in [-0.15, -0.1) is 0 Å². The Hall–Kier alpha value is -2.18. The summed E-state index contributed by atoms with van der Waals surface area (Å²) in [6, 6.07) is 10.3. The Balaban J connectivity index is 1.71. The lowest BCUT2D eigenvalue weighted by Crippen LogP contribution is -2.48. The van der Waals surface area contributed by atoms with Crippen LogP contribution in [0, 0.1) is 6.92 Å². The lowest BCUT2D eigenvalue weighted by Gasteiger charge is -2.36. The summed E-state index contributed by atoms with van der Waals surface area (Å²) in [6.07, 6.45) is -0.276. The van der Waals surface area contributed by atoms with Gasteiger partial charge in [0.25, 0.3) is 0 Å². The molecule has 1 saturated heterocycles. The van der Waals surface area contributed by atoms with E-state index in [4.69, 9.17) is 4.98 Å². The van der Waals surface area contributed by atoms with Gasteiger partial charge in [-0.2, -0.15) is 5.10 Å². The number of rotatable bonds is 3. The Morgan fingerprint density at radius 1 is 1.17 bits per heavy atom. The van der Waals surface area contributed by atoms with Gasteiger partial charge in [-0.1, -0.05) is 12.1 Å². The first-order valence-corrected chi connectivity index (χ1v) is 8.52. The molecular formula is C18H23N5O. The number of hydrogen-bond acceptors (Lipinski definition) is 5. The maximum atomic E-state index is 9.57. The summed E-state index contributed by atoms with van der Waals surface area (Å²) in [5.74, 6) is 1.04. The van der Waals surface area contributed by atoms with Crippen molar-refractivity contribution in [2.75, 3.05) is 37.6 Å². The summed E-state index contributed by atoms with van der Waals surface area (Å²) < 4.78 is 1.93. The van der Waals surface area contributed by atoms with Gasteiger partial charge < -0.3 is 10.0 Å². The fourth-order valence-corrected chi connectivity index (χ4v) is 3.52. The summed E-state index contributed by atoms with van der Waals surface area (Å²) in [7, 11) is 0. The second-order valence-corrected chi connectivity index (χ2v) is 6.64. The van der Waals surface area contributed by atoms with E-state index >= 15 is 0 Å². The van der Waals surface area contributed by atoms with Crippen molar-refractivity contribution in [1.29, 1.82) is 0 Å². The van der Waals surface area contributed by atoms with Crippen LogP contribution in [0.5, 0.6) is 0 Å². The highest BCUT2D eigenvalue weighted by molar-refractivity contribution is 5.91. The minimum Gasteiger partial charge on any atom is -0.392 e. The Labute approximate surface area is 141 Å². The zero-order valence-electron chi connectivity index (χ0n) is 14.2. The van der Waals surface area contributed by atoms with E-state index in [1.807, 2.05) is 30.5 Å². The van der Waals surface area contributed by atoms with Crippen LogP contribution < -0.4 is 4.90 Å². The van der Waals surface area contributed by atoms with Gasteiger partial charge in [-0.25, -0.2) is 9.50 Å². The molecule has 0 spiro atoms. The zero-order valence-corrected chi connectivity index (χ0v) is 14.2. The van der Waals surface area contributed by atoms with Gasteiger partial charge in [-0.3, -0.25) is 4.90 Å². The molecule has 1 unspecified atom stereocenters. The third kappa shape index (κ3) is 2.72. The van der Waals surface area contributed by atoms with E-state index in [2.05, 4.69) is 33.1 Å². The topological polar surface area (TPSA) is 56.9 Å². The largest absolute Gasteiger partial charge is 0.392 e. The van der Waals surface area contributed by atoms with Crippen LogP contribution in [0.15, 0.2) is 30.3 Å². The molecule has 0 aliphatic carbocycles. The van der Waals surface area contributed by atoms with E-state index in [0.29, 0.717) is 0 Å². The molecule has 126 valence electrons. The van der Waals surface area contributed by atoms with Crippen molar-refractivity contribution < 1.29 is 5.11 Å². The second kappa shape index (κ2) is 6.03. The number of hydrogen-bond donors (Lipinski definition) is 1. The van der Waals surface area contributed by atoms with E-state index in [0.717, 1.165) is 60.8 Å². The van der Waals surface area contributed by atoms with Gasteiger partial charge in [-0.05, 0) is 26.0 Å². The molecule has 1 fully saturated rings. The Bertz CT molecular complexity index is 864. The molecule has 1 N–H and O–H groups in total. The predicted octanol–water partition coefficient (Wildman–Crippen LogP) is 1.69. The van der Waals surface area contributed by atoms with Crippen LogP contribution in [-0.2, 0) is 0 Å². The van der Waals surface area contributed by atoms with E-state index in [-0.39, 0.29) is 6.10 Å². The fourth-order valence-electron chi connectivity index (χ4n) is 3.52. The Morgan fingerprint density at radius 2 is 1.92 bits per heavy atom. The van der Waals surface area contributed by atoms with E-state index < -0.39 is 0 Å². The number of aryl methyl sites for hydroxylation is 1. The number of anilines is 1. The van der Waals surface area contributed by atoms with Gasteiger partial charge in [0.15, 0.2) is 5.65 Å². The molecule has 0 saturated carbocycles. The Morgan fingerprint density at radius 3 is 2.67 bits per heavy atom. The van der Waals surface area contributed by atoms with Crippen LogP contribution in [-0.4, -0.2) is 63.4 Å². The van der Waals surface area contributed by atoms with E-state index in [1.54, 1.807) is 0 Å². The molecule has 4 rings (SSSR count). The quantitative estimate of drug-likeness (QED) is 0.794. The molecule has 1 aromatic carbocycles. The van der Waals surface area contributed by atoms with Crippen molar-refractivity contribution >= 4 is 22.4 Å². The van der Waals surface area contributed by atoms with Crippen LogP contribution in [0.1, 0.15) is 12.6 Å². The molecule has 0 amide bonds. The van der Waals surface area contributed by atoms with Gasteiger partial charge in [0, 0.05) is 44.2 Å². The van der Waals surface area contributed by atoms with E-state index in [1.165, 1.54) is 0 Å². The van der Waals surface area contributed by atoms with Crippen LogP contribution >= 0.6 is 0 Å². The lowest BCUT2D eigenvalue weighted by molar-refractivity contribution is 0.122. The SMILES string of the molecule is Cc1cc2nc(N3CCN(CC(C)O)CC3)c3ccccc3n2n1. The highest BCUT2D eigenvalue weighted by Gasteiger charge is 2.21. The summed E-state index contributed by atoms with van der Waals surface area (Å²) in [5, 5.41) is 15.3. The molecule has 0 bridgehead atoms. The second-order valence-electron chi connectivity index (χ2n) is 6.64. The molecule has 6 heteroatoms. The minimum atomic E-state index is -0.276. The first-order chi connectivity index (χ1) is 11.6. The van der Waals surface area contributed by atoms with Crippen LogP contribution in [0.4, 0.5) is 5.82 Å². The van der Waals surface area contributed by atoms with Crippen molar-refractivity contribution in [3.8, 4) is 0 Å². The highest BCUT2D eigenvalue weighted by Crippen LogP contribution is 2.27. The van der Waals surface area contributed by atoms with Crippen LogP contribution in [0.25, 0.3) is 16.6 Å².